The van der Waals surface area contributed by atoms with E-state index < -0.39 is 44.0 Å². The van der Waals surface area contributed by atoms with Crippen LogP contribution >= 0.6 is 0 Å². The Balaban J connectivity index is 1.67. The van der Waals surface area contributed by atoms with Gasteiger partial charge in [-0.3, -0.25) is 0 Å². The standard InChI is InChI=1S/C24H24F4O4S/c25-18-20(27)24(33(29,30)31)21(28)19(26)23(18)32-22-16(13-6-2-7-13)10-15(12-4-1-5-12)11-17(22)14-8-3-9-14/h10-14H,1-9H2,(H,29,30,31)/p-1. The summed E-state index contributed by atoms with van der Waals surface area (Å²) >= 11 is 0. The highest BCUT2D eigenvalue weighted by Crippen LogP contribution is 2.52. The van der Waals surface area contributed by atoms with E-state index in [1.165, 1.54) is 0 Å². The molecule has 9 heteroatoms. The van der Waals surface area contributed by atoms with Gasteiger partial charge < -0.3 is 9.29 Å². The molecule has 5 rings (SSSR count). The Hall–Kier alpha value is -2.13. The van der Waals surface area contributed by atoms with Crippen LogP contribution in [0, 0.1) is 23.3 Å². The van der Waals surface area contributed by atoms with Gasteiger partial charge >= 0.3 is 0 Å². The monoisotopic (exact) mass is 483 g/mol. The summed E-state index contributed by atoms with van der Waals surface area (Å²) in [5, 5.41) is 0. The molecule has 0 amide bonds. The third kappa shape index (κ3) is 3.83. The molecule has 0 heterocycles. The minimum absolute atomic E-state index is 0.112. The first-order valence-corrected chi connectivity index (χ1v) is 12.7. The van der Waals surface area contributed by atoms with E-state index in [0.717, 1.165) is 74.5 Å². The van der Waals surface area contributed by atoms with Crippen molar-refractivity contribution >= 4 is 10.1 Å². The fourth-order valence-electron chi connectivity index (χ4n) is 4.84. The molecule has 0 aliphatic heterocycles. The smallest absolute Gasteiger partial charge is 0.205 e. The van der Waals surface area contributed by atoms with E-state index in [1.807, 2.05) is 12.1 Å². The average molecular weight is 484 g/mol. The Morgan fingerprint density at radius 2 is 1.12 bits per heavy atom. The Morgan fingerprint density at radius 1 is 0.697 bits per heavy atom. The van der Waals surface area contributed by atoms with Gasteiger partial charge in [-0.25, -0.2) is 17.2 Å². The average Bonchev–Trinajstić information content (AvgIpc) is 2.60. The molecule has 0 N–H and O–H groups in total. The summed E-state index contributed by atoms with van der Waals surface area (Å²) < 4.78 is 97.3. The molecule has 0 atom stereocenters. The maximum Gasteiger partial charge on any atom is 0.205 e. The lowest BCUT2D eigenvalue weighted by atomic mass is 9.71. The Kier molecular flexibility index (Phi) is 5.68. The van der Waals surface area contributed by atoms with E-state index in [9.17, 15) is 30.5 Å². The molecule has 178 valence electrons. The summed E-state index contributed by atoms with van der Waals surface area (Å²) in [6.07, 6.45) is 8.76. The van der Waals surface area contributed by atoms with Gasteiger partial charge in [-0.2, -0.15) is 8.78 Å². The van der Waals surface area contributed by atoms with Crippen LogP contribution in [0.3, 0.4) is 0 Å². The van der Waals surface area contributed by atoms with Gasteiger partial charge in [0.05, 0.1) is 0 Å². The van der Waals surface area contributed by atoms with E-state index in [2.05, 4.69) is 0 Å². The normalized spacial score (nSPS) is 19.7. The second-order valence-corrected chi connectivity index (χ2v) is 10.7. The van der Waals surface area contributed by atoms with Crippen LogP contribution in [0.1, 0.15) is 92.2 Å². The summed E-state index contributed by atoms with van der Waals surface area (Å²) in [5.74, 6) is -9.16. The summed E-state index contributed by atoms with van der Waals surface area (Å²) in [6, 6.07) is 3.98. The Morgan fingerprint density at radius 3 is 1.45 bits per heavy atom. The molecular weight excluding hydrogens is 460 g/mol. The van der Waals surface area contributed by atoms with Gasteiger partial charge in [0, 0.05) is 0 Å². The predicted octanol–water partition coefficient (Wildman–Crippen LogP) is 6.74. The molecular formula is C24H23F4O4S-. The van der Waals surface area contributed by atoms with E-state index >= 15 is 0 Å². The number of rotatable bonds is 6. The summed E-state index contributed by atoms with van der Waals surface area (Å²) in [5.41, 5.74) is 2.70. The largest absolute Gasteiger partial charge is 0.744 e. The van der Waals surface area contributed by atoms with Crippen molar-refractivity contribution in [2.45, 2.75) is 80.4 Å². The van der Waals surface area contributed by atoms with Crippen LogP contribution in [0.2, 0.25) is 0 Å². The van der Waals surface area contributed by atoms with Crippen molar-refractivity contribution in [1.29, 1.82) is 0 Å². The van der Waals surface area contributed by atoms with Crippen molar-refractivity contribution in [3.05, 3.63) is 52.1 Å². The van der Waals surface area contributed by atoms with Gasteiger partial charge in [0.1, 0.15) is 20.8 Å². The predicted molar refractivity (Wildman–Crippen MR) is 111 cm³/mol. The zero-order chi connectivity index (χ0) is 23.5. The van der Waals surface area contributed by atoms with Crippen LogP contribution in [0.25, 0.3) is 0 Å². The molecule has 0 aromatic heterocycles. The van der Waals surface area contributed by atoms with Gasteiger partial charge in [0.25, 0.3) is 0 Å². The molecule has 3 saturated carbocycles. The van der Waals surface area contributed by atoms with E-state index in [4.69, 9.17) is 4.74 Å². The fraction of sp³-hybridized carbons (Fsp3) is 0.500. The number of hydrogen-bond donors (Lipinski definition) is 0. The van der Waals surface area contributed by atoms with Crippen molar-refractivity contribution < 1.29 is 35.3 Å². The molecule has 0 radical (unpaired) electrons. The van der Waals surface area contributed by atoms with Gasteiger partial charge in [0.15, 0.2) is 11.6 Å². The number of halogens is 4. The van der Waals surface area contributed by atoms with Crippen LogP contribution < -0.4 is 4.74 Å². The summed E-state index contributed by atoms with van der Waals surface area (Å²) in [6.45, 7) is 0. The maximum absolute atomic E-state index is 14.7. The third-order valence-electron chi connectivity index (χ3n) is 7.47. The van der Waals surface area contributed by atoms with E-state index in [1.54, 1.807) is 0 Å². The Labute approximate surface area is 189 Å². The van der Waals surface area contributed by atoms with Gasteiger partial charge in [-0.15, -0.1) is 0 Å². The zero-order valence-electron chi connectivity index (χ0n) is 17.8. The van der Waals surface area contributed by atoms with Crippen LogP contribution in [0.5, 0.6) is 11.5 Å². The number of benzene rings is 2. The molecule has 4 nitrogen and oxygen atoms in total. The lowest BCUT2D eigenvalue weighted by molar-refractivity contribution is 0.327. The quantitative estimate of drug-likeness (QED) is 0.259. The third-order valence-corrected chi connectivity index (χ3v) is 8.33. The van der Waals surface area contributed by atoms with Crippen LogP contribution in [-0.4, -0.2) is 13.0 Å². The van der Waals surface area contributed by atoms with Crippen molar-refractivity contribution in [3.63, 3.8) is 0 Å². The molecule has 3 fully saturated rings. The Bertz CT molecular complexity index is 1150. The molecule has 0 unspecified atom stereocenters. The minimum atomic E-state index is -5.78. The lowest BCUT2D eigenvalue weighted by Gasteiger charge is -2.35. The summed E-state index contributed by atoms with van der Waals surface area (Å²) in [7, 11) is -5.78. The zero-order valence-corrected chi connectivity index (χ0v) is 18.6. The van der Waals surface area contributed by atoms with E-state index in [0.29, 0.717) is 5.92 Å². The maximum atomic E-state index is 14.7. The van der Waals surface area contributed by atoms with Crippen molar-refractivity contribution in [2.24, 2.45) is 0 Å². The van der Waals surface area contributed by atoms with Gasteiger partial charge in [0.2, 0.25) is 17.4 Å². The van der Waals surface area contributed by atoms with Crippen LogP contribution in [-0.2, 0) is 10.1 Å². The SMILES string of the molecule is O=S(=O)([O-])c1c(F)c(F)c(Oc2c(C3CCC3)cc(C3CCC3)cc2C2CCC2)c(F)c1F. The molecule has 3 aliphatic carbocycles. The second kappa shape index (κ2) is 8.27. The lowest BCUT2D eigenvalue weighted by Crippen LogP contribution is -2.18. The van der Waals surface area contributed by atoms with Gasteiger partial charge in [-0.05, 0) is 73.0 Å². The second-order valence-electron chi connectivity index (χ2n) is 9.38. The first-order valence-electron chi connectivity index (χ1n) is 11.3. The fourth-order valence-corrected chi connectivity index (χ4v) is 5.46. The van der Waals surface area contributed by atoms with Crippen molar-refractivity contribution in [1.82, 2.24) is 0 Å². The topological polar surface area (TPSA) is 66.4 Å². The van der Waals surface area contributed by atoms with E-state index in [-0.39, 0.29) is 17.6 Å². The molecule has 0 bridgehead atoms. The number of ether oxygens (including phenoxy) is 1. The molecule has 0 saturated heterocycles. The molecule has 2 aromatic carbocycles. The molecule has 33 heavy (non-hydrogen) atoms. The first kappa shape index (κ1) is 22.7. The minimum Gasteiger partial charge on any atom is -0.744 e. The van der Waals surface area contributed by atoms with Crippen LogP contribution in [0.15, 0.2) is 17.0 Å². The molecule has 2 aromatic rings. The highest BCUT2D eigenvalue weighted by molar-refractivity contribution is 7.85. The van der Waals surface area contributed by atoms with Gasteiger partial charge in [-0.1, -0.05) is 31.4 Å². The van der Waals surface area contributed by atoms with Crippen LogP contribution in [0.4, 0.5) is 17.6 Å². The highest BCUT2D eigenvalue weighted by atomic mass is 32.2. The highest BCUT2D eigenvalue weighted by Gasteiger charge is 2.35. The first-order chi connectivity index (χ1) is 15.7. The number of hydrogen-bond acceptors (Lipinski definition) is 4. The summed E-state index contributed by atoms with van der Waals surface area (Å²) in [4.78, 5) is -2.18. The van der Waals surface area contributed by atoms with Crippen molar-refractivity contribution in [3.8, 4) is 11.5 Å². The van der Waals surface area contributed by atoms with Crippen molar-refractivity contribution in [2.75, 3.05) is 0 Å². The molecule has 0 spiro atoms. The molecule has 3 aliphatic rings.